The number of hydrogen-bond acceptors (Lipinski definition) is 3. The zero-order valence-electron chi connectivity index (χ0n) is 11.4. The summed E-state index contributed by atoms with van der Waals surface area (Å²) >= 11 is 0. The van der Waals surface area contributed by atoms with Crippen LogP contribution in [0.4, 0.5) is 0 Å². The Kier molecular flexibility index (Phi) is 12.6. The predicted molar refractivity (Wildman–Crippen MR) is 71.6 cm³/mol. The van der Waals surface area contributed by atoms with E-state index in [0.717, 1.165) is 44.9 Å². The summed E-state index contributed by atoms with van der Waals surface area (Å²) in [6.45, 7) is 6.18. The largest absolute Gasteiger partial charge is 0.382 e. The molecule has 0 radical (unpaired) electrons. The Hall–Kier alpha value is -0.810. The molecule has 0 rings (SSSR count). The fraction of sp³-hybridized carbons (Fsp3) is 0.917. The molecule has 0 saturated heterocycles. The van der Waals surface area contributed by atoms with E-state index in [0.29, 0.717) is 13.2 Å². The zero-order valence-corrected chi connectivity index (χ0v) is 11.4. The van der Waals surface area contributed by atoms with Crippen LogP contribution in [0.25, 0.3) is 0 Å². The Bertz CT molecular complexity index is 187. The monoisotopic (exact) mass is 245 g/mol. The fourth-order valence-electron chi connectivity index (χ4n) is 1.24. The van der Waals surface area contributed by atoms with Gasteiger partial charge in [-0.05, 0) is 19.3 Å². The number of nitrogens with one attached hydrogen (secondary N) is 2. The highest BCUT2D eigenvalue weighted by Crippen LogP contribution is 1.88. The van der Waals surface area contributed by atoms with Crippen molar-refractivity contribution in [2.75, 3.05) is 47.1 Å². The molecule has 5 heteroatoms. The minimum Gasteiger partial charge on any atom is -0.382 e. The Morgan fingerprint density at radius 3 is 2.47 bits per heavy atom. The van der Waals surface area contributed by atoms with Crippen LogP contribution in [-0.2, 0) is 9.47 Å². The smallest absolute Gasteiger partial charge is 0.190 e. The van der Waals surface area contributed by atoms with Gasteiger partial charge in [-0.15, -0.1) is 0 Å². The quantitative estimate of drug-likeness (QED) is 0.342. The average Bonchev–Trinajstić information content (AvgIpc) is 2.36. The molecule has 0 unspecified atom stereocenters. The molecule has 0 spiro atoms. The van der Waals surface area contributed by atoms with Crippen molar-refractivity contribution in [3.05, 3.63) is 0 Å². The van der Waals surface area contributed by atoms with Crippen LogP contribution >= 0.6 is 0 Å². The molecule has 17 heavy (non-hydrogen) atoms. The van der Waals surface area contributed by atoms with Gasteiger partial charge in [0, 0.05) is 33.9 Å². The Labute approximate surface area is 105 Å². The van der Waals surface area contributed by atoms with Gasteiger partial charge in [-0.25, -0.2) is 0 Å². The van der Waals surface area contributed by atoms with Crippen LogP contribution in [0.5, 0.6) is 0 Å². The van der Waals surface area contributed by atoms with Crippen LogP contribution in [0.15, 0.2) is 4.99 Å². The second-order valence-electron chi connectivity index (χ2n) is 3.74. The molecule has 0 aromatic heterocycles. The molecule has 0 atom stereocenters. The summed E-state index contributed by atoms with van der Waals surface area (Å²) in [5.41, 5.74) is 0. The van der Waals surface area contributed by atoms with Crippen LogP contribution < -0.4 is 10.6 Å². The zero-order chi connectivity index (χ0) is 12.8. The standard InChI is InChI=1S/C12H27N3O2/c1-4-7-14-12(13-2)15-8-5-6-9-17-11-10-16-3/h4-11H2,1-3H3,(H2,13,14,15). The van der Waals surface area contributed by atoms with Crippen molar-refractivity contribution in [2.24, 2.45) is 4.99 Å². The van der Waals surface area contributed by atoms with E-state index in [4.69, 9.17) is 9.47 Å². The lowest BCUT2D eigenvalue weighted by Crippen LogP contribution is -2.38. The fourth-order valence-corrected chi connectivity index (χ4v) is 1.24. The van der Waals surface area contributed by atoms with Gasteiger partial charge in [0.05, 0.1) is 13.2 Å². The van der Waals surface area contributed by atoms with E-state index in [1.54, 1.807) is 14.2 Å². The molecule has 0 bridgehead atoms. The van der Waals surface area contributed by atoms with Crippen LogP contribution in [0.1, 0.15) is 26.2 Å². The van der Waals surface area contributed by atoms with Crippen LogP contribution in [0.2, 0.25) is 0 Å². The second-order valence-corrected chi connectivity index (χ2v) is 3.74. The molecule has 5 nitrogen and oxygen atoms in total. The van der Waals surface area contributed by atoms with Crippen molar-refractivity contribution in [1.82, 2.24) is 10.6 Å². The van der Waals surface area contributed by atoms with Crippen LogP contribution in [0, 0.1) is 0 Å². The topological polar surface area (TPSA) is 54.9 Å². The minimum absolute atomic E-state index is 0.672. The molecular weight excluding hydrogens is 218 g/mol. The lowest BCUT2D eigenvalue weighted by molar-refractivity contribution is 0.0689. The van der Waals surface area contributed by atoms with E-state index in [1.807, 2.05) is 0 Å². The van der Waals surface area contributed by atoms with Gasteiger partial charge in [0.2, 0.25) is 0 Å². The van der Waals surface area contributed by atoms with E-state index in [-0.39, 0.29) is 0 Å². The number of rotatable bonds is 10. The minimum atomic E-state index is 0.672. The highest BCUT2D eigenvalue weighted by molar-refractivity contribution is 5.79. The molecule has 0 fully saturated rings. The maximum absolute atomic E-state index is 5.37. The van der Waals surface area contributed by atoms with Crippen molar-refractivity contribution < 1.29 is 9.47 Å². The third-order valence-corrected chi connectivity index (χ3v) is 2.21. The number of methoxy groups -OCH3 is 1. The van der Waals surface area contributed by atoms with Gasteiger partial charge in [0.25, 0.3) is 0 Å². The van der Waals surface area contributed by atoms with E-state index in [1.165, 1.54) is 0 Å². The van der Waals surface area contributed by atoms with Gasteiger partial charge >= 0.3 is 0 Å². The maximum atomic E-state index is 5.37. The predicted octanol–water partition coefficient (Wildman–Crippen LogP) is 1.00. The summed E-state index contributed by atoms with van der Waals surface area (Å²) in [5.74, 6) is 0.882. The van der Waals surface area contributed by atoms with E-state index < -0.39 is 0 Å². The molecule has 0 aliphatic rings. The molecule has 0 aromatic rings. The van der Waals surface area contributed by atoms with Crippen molar-refractivity contribution in [3.8, 4) is 0 Å². The number of hydrogen-bond donors (Lipinski definition) is 2. The third kappa shape index (κ3) is 11.5. The van der Waals surface area contributed by atoms with E-state index >= 15 is 0 Å². The number of guanidine groups is 1. The number of aliphatic imine (C=N–C) groups is 1. The molecule has 0 amide bonds. The highest BCUT2D eigenvalue weighted by Gasteiger charge is 1.95. The summed E-state index contributed by atoms with van der Waals surface area (Å²) in [4.78, 5) is 4.13. The van der Waals surface area contributed by atoms with Gasteiger partial charge in [-0.1, -0.05) is 6.92 Å². The third-order valence-electron chi connectivity index (χ3n) is 2.21. The first-order valence-corrected chi connectivity index (χ1v) is 6.36. The van der Waals surface area contributed by atoms with Crippen LogP contribution in [0.3, 0.4) is 0 Å². The van der Waals surface area contributed by atoms with Crippen molar-refractivity contribution >= 4 is 5.96 Å². The molecule has 2 N–H and O–H groups in total. The van der Waals surface area contributed by atoms with E-state index in [9.17, 15) is 0 Å². The second kappa shape index (κ2) is 13.3. The Morgan fingerprint density at radius 1 is 1.06 bits per heavy atom. The van der Waals surface area contributed by atoms with E-state index in [2.05, 4.69) is 22.5 Å². The van der Waals surface area contributed by atoms with Gasteiger partial charge < -0.3 is 20.1 Å². The Balaban J connectivity index is 3.25. The van der Waals surface area contributed by atoms with Crippen molar-refractivity contribution in [2.45, 2.75) is 26.2 Å². The Morgan fingerprint density at radius 2 is 1.82 bits per heavy atom. The van der Waals surface area contributed by atoms with Crippen molar-refractivity contribution in [3.63, 3.8) is 0 Å². The normalized spacial score (nSPS) is 11.6. The first-order chi connectivity index (χ1) is 8.35. The van der Waals surface area contributed by atoms with Gasteiger partial charge in [-0.3, -0.25) is 4.99 Å². The molecule has 0 heterocycles. The number of unbranched alkanes of at least 4 members (excludes halogenated alkanes) is 1. The van der Waals surface area contributed by atoms with Gasteiger partial charge in [0.15, 0.2) is 5.96 Å². The molecule has 0 aliphatic heterocycles. The van der Waals surface area contributed by atoms with Gasteiger partial charge in [-0.2, -0.15) is 0 Å². The van der Waals surface area contributed by atoms with Crippen molar-refractivity contribution in [1.29, 1.82) is 0 Å². The molecule has 0 aromatic carbocycles. The lowest BCUT2D eigenvalue weighted by atomic mass is 10.3. The first kappa shape index (κ1) is 16.2. The number of ether oxygens (including phenoxy) is 2. The summed E-state index contributed by atoms with van der Waals surface area (Å²) < 4.78 is 10.3. The summed E-state index contributed by atoms with van der Waals surface area (Å²) in [6, 6.07) is 0. The SMILES string of the molecule is CCCNC(=NC)NCCCCOCCOC. The average molecular weight is 245 g/mol. The molecule has 102 valence electrons. The maximum Gasteiger partial charge on any atom is 0.190 e. The summed E-state index contributed by atoms with van der Waals surface area (Å²) in [5, 5.41) is 6.49. The summed E-state index contributed by atoms with van der Waals surface area (Å²) in [6.07, 6.45) is 3.25. The first-order valence-electron chi connectivity index (χ1n) is 6.36. The molecule has 0 aliphatic carbocycles. The lowest BCUT2D eigenvalue weighted by Gasteiger charge is -2.10. The summed E-state index contributed by atoms with van der Waals surface area (Å²) in [7, 11) is 3.47. The number of nitrogens with zero attached hydrogens (tertiary/aromatic N) is 1. The molecule has 0 saturated carbocycles. The molecular formula is C12H27N3O2. The highest BCUT2D eigenvalue weighted by atomic mass is 16.5. The van der Waals surface area contributed by atoms with Crippen LogP contribution in [-0.4, -0.2) is 53.0 Å². The van der Waals surface area contributed by atoms with Gasteiger partial charge in [0.1, 0.15) is 0 Å².